The lowest BCUT2D eigenvalue weighted by Crippen LogP contribution is -2.37. The molecule has 51 heavy (non-hydrogen) atoms. The molecule has 274 valence electrons. The number of amides is 2. The highest BCUT2D eigenvalue weighted by Crippen LogP contribution is 2.43. The molecule has 0 aliphatic carbocycles. The van der Waals surface area contributed by atoms with Crippen LogP contribution in [0.2, 0.25) is 0 Å². The molecule has 0 bridgehead atoms. The lowest BCUT2D eigenvalue weighted by Gasteiger charge is -2.38. The smallest absolute Gasteiger partial charge is 0.243 e. The third-order valence-corrected chi connectivity index (χ3v) is 12.8. The number of carbonyl (C=O) groups excluding carboxylic acids is 2. The number of thioether (sulfide) groups is 1. The standard InChI is InChI=1S/C17H20N4OS2.C14H15N3S.C3H8N2OS.CH4O/c1-17(2)4-5-21(3)12-7-13-10(6-9(12)17)19-16(24-13)15-20-11(8-23-15)14(18)22;1-14(2)4-5-17(3)11-7-12-10(6-9(11)14)16-13(8-15)18-12;4-2(1-7)3(5)6;1-2/h6-7,11H,4-5,8H2,1-3H3,(H2,18,22);6-7H,4-5H2,1-3H3;2,7H,1,4H2,(H2,5,6);2H,1H3/t11-;;2-;/m1.1./s1. The van der Waals surface area contributed by atoms with Crippen LogP contribution in [0.1, 0.15) is 61.7 Å². The molecule has 5 heterocycles. The minimum absolute atomic E-state index is 0.163. The molecular formula is C35H47N9O3S4. The maximum atomic E-state index is 11.3. The van der Waals surface area contributed by atoms with Gasteiger partial charge in [-0.05, 0) is 59.1 Å². The second-order valence-electron chi connectivity index (χ2n) is 13.8. The van der Waals surface area contributed by atoms with Crippen LogP contribution in [0.5, 0.6) is 0 Å². The summed E-state index contributed by atoms with van der Waals surface area (Å²) in [7, 11) is 5.28. The summed E-state index contributed by atoms with van der Waals surface area (Å²) >= 11 is 8.41. The third kappa shape index (κ3) is 8.95. The summed E-state index contributed by atoms with van der Waals surface area (Å²) < 4.78 is 2.27. The number of aromatic nitrogens is 2. The number of thiol groups is 1. The maximum absolute atomic E-state index is 11.3. The van der Waals surface area contributed by atoms with Crippen molar-refractivity contribution in [2.75, 3.05) is 55.6 Å². The van der Waals surface area contributed by atoms with Crippen LogP contribution in [0, 0.1) is 11.3 Å². The van der Waals surface area contributed by atoms with Gasteiger partial charge in [0.2, 0.25) is 11.8 Å². The van der Waals surface area contributed by atoms with Gasteiger partial charge in [0, 0.05) is 57.2 Å². The molecule has 4 aromatic rings. The van der Waals surface area contributed by atoms with Gasteiger partial charge >= 0.3 is 0 Å². The largest absolute Gasteiger partial charge is 0.400 e. The Morgan fingerprint density at radius 1 is 0.961 bits per heavy atom. The van der Waals surface area contributed by atoms with Gasteiger partial charge in [0.05, 0.1) is 26.5 Å². The Kier molecular flexibility index (Phi) is 13.0. The SMILES string of the molecule is CN1CCC(C)(C)c2cc3nc(C#N)sc3cc21.CN1CCC(C)(C)c2cc3nc(C4=N[C@@H](C(N)=O)CS4)sc3cc21.CO.NC(=O)[C@H](N)CS. The van der Waals surface area contributed by atoms with Crippen LogP contribution < -0.4 is 27.0 Å². The number of fused-ring (bicyclic) bond motifs is 4. The fourth-order valence-corrected chi connectivity index (χ4v) is 8.97. The molecule has 0 fully saturated rings. The van der Waals surface area contributed by atoms with E-state index in [1.165, 1.54) is 38.5 Å². The van der Waals surface area contributed by atoms with Crippen LogP contribution in [-0.4, -0.2) is 89.8 Å². The van der Waals surface area contributed by atoms with Crippen LogP contribution in [0.15, 0.2) is 29.3 Å². The number of aliphatic imine (C=N–C) groups is 1. The molecule has 2 aromatic carbocycles. The molecule has 0 unspecified atom stereocenters. The van der Waals surface area contributed by atoms with E-state index in [1.807, 2.05) is 0 Å². The molecule has 0 saturated carbocycles. The summed E-state index contributed by atoms with van der Waals surface area (Å²) in [6.45, 7) is 11.3. The van der Waals surface area contributed by atoms with Crippen LogP contribution >= 0.6 is 47.1 Å². The number of hydrogen-bond donors (Lipinski definition) is 5. The van der Waals surface area contributed by atoms with Gasteiger partial charge in [-0.2, -0.15) is 17.9 Å². The molecule has 2 atom stereocenters. The number of aliphatic hydroxyl groups is 1. The van der Waals surface area contributed by atoms with Crippen LogP contribution in [0.4, 0.5) is 11.4 Å². The normalized spacial score (nSPS) is 18.8. The van der Waals surface area contributed by atoms with E-state index >= 15 is 0 Å². The first-order valence-corrected chi connectivity index (χ1v) is 19.6. The van der Waals surface area contributed by atoms with Crippen molar-refractivity contribution in [2.24, 2.45) is 22.2 Å². The Balaban J connectivity index is 0.000000190. The minimum Gasteiger partial charge on any atom is -0.400 e. The zero-order chi connectivity index (χ0) is 37.8. The Bertz CT molecular complexity index is 1980. The van der Waals surface area contributed by atoms with E-state index in [1.54, 1.807) is 23.1 Å². The Labute approximate surface area is 316 Å². The number of nitrogens with zero attached hydrogens (tertiary/aromatic N) is 6. The summed E-state index contributed by atoms with van der Waals surface area (Å²) in [4.78, 5) is 39.5. The quantitative estimate of drug-likeness (QED) is 0.186. The van der Waals surface area contributed by atoms with Gasteiger partial charge in [0.1, 0.15) is 22.2 Å². The van der Waals surface area contributed by atoms with Crippen LogP contribution in [0.3, 0.4) is 0 Å². The fraction of sp³-hybridized carbons (Fsp3) is 0.486. The zero-order valence-corrected chi connectivity index (χ0v) is 33.4. The van der Waals surface area contributed by atoms with Gasteiger partial charge in [-0.25, -0.2) is 9.97 Å². The monoisotopic (exact) mass is 769 g/mol. The lowest BCUT2D eigenvalue weighted by atomic mass is 9.78. The van der Waals surface area contributed by atoms with Crippen molar-refractivity contribution < 1.29 is 14.7 Å². The van der Waals surface area contributed by atoms with Crippen molar-refractivity contribution in [3.8, 4) is 6.07 Å². The van der Waals surface area contributed by atoms with Crippen LogP contribution in [-0.2, 0) is 20.4 Å². The molecule has 16 heteroatoms. The number of nitrogens with two attached hydrogens (primary N) is 3. The molecule has 7 N–H and O–H groups in total. The lowest BCUT2D eigenvalue weighted by molar-refractivity contribution is -0.119. The Morgan fingerprint density at radius 2 is 1.47 bits per heavy atom. The second-order valence-corrected chi connectivity index (χ2v) is 17.2. The highest BCUT2D eigenvalue weighted by Gasteiger charge is 2.32. The summed E-state index contributed by atoms with van der Waals surface area (Å²) in [6.07, 6.45) is 2.29. The van der Waals surface area contributed by atoms with Gasteiger partial charge in [0.15, 0.2) is 5.01 Å². The maximum Gasteiger partial charge on any atom is 0.243 e. The van der Waals surface area contributed by atoms with Crippen molar-refractivity contribution in [3.63, 3.8) is 0 Å². The average molecular weight is 770 g/mol. The molecule has 0 saturated heterocycles. The second kappa shape index (κ2) is 16.5. The van der Waals surface area contributed by atoms with E-state index in [0.717, 1.165) is 58.8 Å². The molecule has 3 aliphatic heterocycles. The van der Waals surface area contributed by atoms with Crippen molar-refractivity contribution in [2.45, 2.75) is 63.5 Å². The molecule has 2 amide bonds. The average Bonchev–Trinajstić information content (AvgIpc) is 3.86. The zero-order valence-electron chi connectivity index (χ0n) is 30.1. The summed E-state index contributed by atoms with van der Waals surface area (Å²) in [5, 5.41) is 18.2. The first kappa shape index (κ1) is 40.3. The van der Waals surface area contributed by atoms with Gasteiger partial charge in [-0.3, -0.25) is 14.6 Å². The topological polar surface area (TPSA) is 201 Å². The van der Waals surface area contributed by atoms with Gasteiger partial charge < -0.3 is 32.1 Å². The molecule has 0 spiro atoms. The first-order valence-electron chi connectivity index (χ1n) is 16.4. The third-order valence-electron chi connectivity index (χ3n) is 9.26. The van der Waals surface area contributed by atoms with Gasteiger partial charge in [0.25, 0.3) is 0 Å². The van der Waals surface area contributed by atoms with Gasteiger partial charge in [-0.15, -0.1) is 34.4 Å². The number of hydrogen-bond acceptors (Lipinski definition) is 14. The fourth-order valence-electron chi connectivity index (χ4n) is 5.91. The van der Waals surface area contributed by atoms with E-state index < -0.39 is 18.0 Å². The number of thiazole rings is 2. The first-order chi connectivity index (χ1) is 24.0. The minimum atomic E-state index is -0.594. The number of primary amides is 2. The molecule has 0 radical (unpaired) electrons. The summed E-state index contributed by atoms with van der Waals surface area (Å²) in [5.74, 6) is 0.0646. The highest BCUT2D eigenvalue weighted by atomic mass is 32.2. The molecule has 2 aromatic heterocycles. The van der Waals surface area contributed by atoms with Crippen LogP contribution in [0.25, 0.3) is 20.4 Å². The van der Waals surface area contributed by atoms with E-state index in [-0.39, 0.29) is 16.7 Å². The van der Waals surface area contributed by atoms with Crippen molar-refractivity contribution in [1.29, 1.82) is 5.26 Å². The molecule has 12 nitrogen and oxygen atoms in total. The molecule has 7 rings (SSSR count). The number of anilines is 2. The Morgan fingerprint density at radius 3 is 1.90 bits per heavy atom. The summed E-state index contributed by atoms with van der Waals surface area (Å²) in [5.41, 5.74) is 22.8. The van der Waals surface area contributed by atoms with Crippen molar-refractivity contribution >= 4 is 95.7 Å². The predicted molar refractivity (Wildman–Crippen MR) is 217 cm³/mol. The number of rotatable bonds is 4. The predicted octanol–water partition coefficient (Wildman–Crippen LogP) is 4.38. The molecular weight excluding hydrogens is 723 g/mol. The Hall–Kier alpha value is -3.46. The van der Waals surface area contributed by atoms with Gasteiger partial charge in [-0.1, -0.05) is 27.7 Å². The number of benzene rings is 2. The number of carbonyl (C=O) groups is 2. The summed E-state index contributed by atoms with van der Waals surface area (Å²) in [6, 6.07) is 9.94. The highest BCUT2D eigenvalue weighted by molar-refractivity contribution is 8.15. The van der Waals surface area contributed by atoms with E-state index in [2.05, 4.69) is 105 Å². The number of nitriles is 1. The van der Waals surface area contributed by atoms with Crippen molar-refractivity contribution in [1.82, 2.24) is 9.97 Å². The van der Waals surface area contributed by atoms with Crippen molar-refractivity contribution in [3.05, 3.63) is 45.4 Å². The number of aliphatic hydroxyl groups excluding tert-OH is 1. The van der Waals surface area contributed by atoms with E-state index in [4.69, 9.17) is 32.6 Å². The van der Waals surface area contributed by atoms with E-state index in [0.29, 0.717) is 16.5 Å². The van der Waals surface area contributed by atoms with E-state index in [9.17, 15) is 9.59 Å². The molecule has 3 aliphatic rings.